The summed E-state index contributed by atoms with van der Waals surface area (Å²) >= 11 is 5.16. The Morgan fingerprint density at radius 2 is 1.71 bits per heavy atom. The van der Waals surface area contributed by atoms with Crippen LogP contribution in [0.5, 0.6) is 0 Å². The number of benzene rings is 2. The fourth-order valence-corrected chi connectivity index (χ4v) is 2.42. The van der Waals surface area contributed by atoms with Crippen molar-refractivity contribution < 1.29 is 0 Å². The zero-order valence-electron chi connectivity index (χ0n) is 11.7. The van der Waals surface area contributed by atoms with E-state index in [-0.39, 0.29) is 0 Å². The minimum Gasteiger partial charge on any atom is -0.318 e. The molecule has 21 heavy (non-hydrogen) atoms. The quantitative estimate of drug-likeness (QED) is 0.722. The van der Waals surface area contributed by atoms with E-state index in [1.165, 1.54) is 16.7 Å². The molecule has 0 spiro atoms. The number of hydrogen-bond acceptors (Lipinski definition) is 3. The zero-order chi connectivity index (χ0) is 14.7. The molecule has 5 heteroatoms. The van der Waals surface area contributed by atoms with Gasteiger partial charge in [0.15, 0.2) is 0 Å². The van der Waals surface area contributed by atoms with Gasteiger partial charge in [0.1, 0.15) is 5.82 Å². The summed E-state index contributed by atoms with van der Waals surface area (Å²) in [5, 5.41) is 6.82. The largest absolute Gasteiger partial charge is 0.318 e. The van der Waals surface area contributed by atoms with E-state index in [0.717, 1.165) is 5.82 Å². The number of aromatic amines is 1. The molecular formula is C16H16N4S. The van der Waals surface area contributed by atoms with Gasteiger partial charge in [-0.2, -0.15) is 5.10 Å². The first-order valence-electron chi connectivity index (χ1n) is 6.76. The molecule has 0 fully saturated rings. The highest BCUT2D eigenvalue weighted by Gasteiger charge is 2.01. The predicted molar refractivity (Wildman–Crippen MR) is 87.1 cm³/mol. The Balaban J connectivity index is 1.72. The molecule has 2 aromatic carbocycles. The standard InChI is InChI=1S/C16H16N4S/c1-12-18-19-16(21)20(12)17-11-13-7-9-15(10-8-13)14-5-3-2-4-6-14/h2-10,17H,11H2,1H3,(H,19,21). The highest BCUT2D eigenvalue weighted by Crippen LogP contribution is 2.19. The normalized spacial score (nSPS) is 10.5. The lowest BCUT2D eigenvalue weighted by molar-refractivity contribution is 0.794. The molecule has 0 aliphatic heterocycles. The van der Waals surface area contributed by atoms with Crippen molar-refractivity contribution in [2.24, 2.45) is 0 Å². The predicted octanol–water partition coefficient (Wildman–Crippen LogP) is 3.66. The molecule has 0 saturated carbocycles. The maximum atomic E-state index is 5.16. The second-order valence-electron chi connectivity index (χ2n) is 4.81. The van der Waals surface area contributed by atoms with Crippen molar-refractivity contribution >= 4 is 12.2 Å². The number of aryl methyl sites for hydroxylation is 1. The lowest BCUT2D eigenvalue weighted by atomic mass is 10.0. The molecule has 4 nitrogen and oxygen atoms in total. The van der Waals surface area contributed by atoms with Crippen LogP contribution in [-0.4, -0.2) is 14.9 Å². The molecule has 0 aliphatic rings. The van der Waals surface area contributed by atoms with E-state index in [9.17, 15) is 0 Å². The van der Waals surface area contributed by atoms with E-state index in [2.05, 4.69) is 52.0 Å². The minimum absolute atomic E-state index is 0.577. The lowest BCUT2D eigenvalue weighted by Crippen LogP contribution is -2.15. The van der Waals surface area contributed by atoms with Gasteiger partial charge in [-0.05, 0) is 35.8 Å². The van der Waals surface area contributed by atoms with E-state index in [1.54, 1.807) is 4.68 Å². The molecule has 0 unspecified atom stereocenters. The average Bonchev–Trinajstić information content (AvgIpc) is 2.85. The molecule has 106 valence electrons. The Morgan fingerprint density at radius 3 is 2.33 bits per heavy atom. The Labute approximate surface area is 128 Å². The van der Waals surface area contributed by atoms with E-state index < -0.39 is 0 Å². The Bertz CT molecular complexity index is 772. The summed E-state index contributed by atoms with van der Waals surface area (Å²) in [6, 6.07) is 18.9. The zero-order valence-corrected chi connectivity index (χ0v) is 12.5. The first kappa shape index (κ1) is 13.6. The minimum atomic E-state index is 0.577. The summed E-state index contributed by atoms with van der Waals surface area (Å²) in [6.07, 6.45) is 0. The van der Waals surface area contributed by atoms with Gasteiger partial charge in [-0.15, -0.1) is 0 Å². The molecule has 0 aliphatic carbocycles. The molecule has 0 bridgehead atoms. The summed E-state index contributed by atoms with van der Waals surface area (Å²) in [5.41, 5.74) is 6.89. The summed E-state index contributed by atoms with van der Waals surface area (Å²) < 4.78 is 2.36. The van der Waals surface area contributed by atoms with Crippen molar-refractivity contribution in [2.75, 3.05) is 5.43 Å². The van der Waals surface area contributed by atoms with E-state index >= 15 is 0 Å². The molecule has 0 amide bonds. The van der Waals surface area contributed by atoms with E-state index in [0.29, 0.717) is 11.3 Å². The fourth-order valence-electron chi connectivity index (χ4n) is 2.18. The van der Waals surface area contributed by atoms with Crippen LogP contribution in [0.2, 0.25) is 0 Å². The third-order valence-electron chi connectivity index (χ3n) is 3.34. The van der Waals surface area contributed by atoms with Gasteiger partial charge in [-0.3, -0.25) is 5.10 Å². The molecule has 0 atom stereocenters. The average molecular weight is 296 g/mol. The van der Waals surface area contributed by atoms with Crippen LogP contribution < -0.4 is 5.43 Å². The number of nitrogens with zero attached hydrogens (tertiary/aromatic N) is 2. The Morgan fingerprint density at radius 1 is 1.05 bits per heavy atom. The Hall–Kier alpha value is -2.40. The van der Waals surface area contributed by atoms with Crippen LogP contribution in [0.4, 0.5) is 0 Å². The third-order valence-corrected chi connectivity index (χ3v) is 3.62. The molecule has 0 radical (unpaired) electrons. The molecule has 2 N–H and O–H groups in total. The number of aromatic nitrogens is 3. The molecular weight excluding hydrogens is 280 g/mol. The summed E-state index contributed by atoms with van der Waals surface area (Å²) in [4.78, 5) is 0. The number of hydrogen-bond donors (Lipinski definition) is 2. The second-order valence-corrected chi connectivity index (χ2v) is 5.20. The number of rotatable bonds is 4. The highest BCUT2D eigenvalue weighted by atomic mass is 32.1. The molecule has 1 aromatic heterocycles. The molecule has 0 saturated heterocycles. The first-order valence-corrected chi connectivity index (χ1v) is 7.17. The van der Waals surface area contributed by atoms with Gasteiger partial charge in [0.05, 0.1) is 6.54 Å². The van der Waals surface area contributed by atoms with Gasteiger partial charge >= 0.3 is 0 Å². The smallest absolute Gasteiger partial charge is 0.214 e. The summed E-state index contributed by atoms with van der Waals surface area (Å²) in [7, 11) is 0. The second kappa shape index (κ2) is 5.93. The molecule has 3 rings (SSSR count). The van der Waals surface area contributed by atoms with Gasteiger partial charge in [0, 0.05) is 0 Å². The van der Waals surface area contributed by atoms with Crippen LogP contribution in [0.1, 0.15) is 11.4 Å². The van der Waals surface area contributed by atoms with Crippen LogP contribution in [0.15, 0.2) is 54.6 Å². The van der Waals surface area contributed by atoms with Crippen molar-refractivity contribution in [1.29, 1.82) is 0 Å². The topological polar surface area (TPSA) is 45.6 Å². The van der Waals surface area contributed by atoms with Crippen LogP contribution in [0, 0.1) is 11.7 Å². The molecule has 3 aromatic rings. The van der Waals surface area contributed by atoms with Crippen molar-refractivity contribution in [3.05, 3.63) is 70.8 Å². The van der Waals surface area contributed by atoms with Gasteiger partial charge in [-0.25, -0.2) is 4.68 Å². The van der Waals surface area contributed by atoms with E-state index in [4.69, 9.17) is 12.2 Å². The summed E-state index contributed by atoms with van der Waals surface area (Å²) in [5.74, 6) is 0.820. The monoisotopic (exact) mass is 296 g/mol. The van der Waals surface area contributed by atoms with Crippen LogP contribution in [0.25, 0.3) is 11.1 Å². The maximum absolute atomic E-state index is 5.16. The number of nitrogens with one attached hydrogen (secondary N) is 2. The van der Waals surface area contributed by atoms with Crippen molar-refractivity contribution in [1.82, 2.24) is 14.9 Å². The van der Waals surface area contributed by atoms with Crippen molar-refractivity contribution in [2.45, 2.75) is 13.5 Å². The van der Waals surface area contributed by atoms with Gasteiger partial charge < -0.3 is 5.43 Å². The van der Waals surface area contributed by atoms with Gasteiger partial charge in [0.25, 0.3) is 0 Å². The van der Waals surface area contributed by atoms with Crippen LogP contribution in [-0.2, 0) is 6.54 Å². The Kier molecular flexibility index (Phi) is 3.83. The van der Waals surface area contributed by atoms with Crippen LogP contribution >= 0.6 is 12.2 Å². The van der Waals surface area contributed by atoms with Crippen molar-refractivity contribution in [3.8, 4) is 11.1 Å². The lowest BCUT2D eigenvalue weighted by Gasteiger charge is -2.09. The highest BCUT2D eigenvalue weighted by molar-refractivity contribution is 7.71. The number of H-pyrrole nitrogens is 1. The van der Waals surface area contributed by atoms with Gasteiger partial charge in [-0.1, -0.05) is 54.6 Å². The third kappa shape index (κ3) is 3.03. The molecule has 1 heterocycles. The van der Waals surface area contributed by atoms with E-state index in [1.807, 2.05) is 25.1 Å². The first-order chi connectivity index (χ1) is 10.2. The van der Waals surface area contributed by atoms with Gasteiger partial charge in [0.2, 0.25) is 4.77 Å². The SMILES string of the molecule is Cc1n[nH]c(=S)n1NCc1ccc(-c2ccccc2)cc1. The fraction of sp³-hybridized carbons (Fsp3) is 0.125. The van der Waals surface area contributed by atoms with Crippen LogP contribution in [0.3, 0.4) is 0 Å². The summed E-state index contributed by atoms with van der Waals surface area (Å²) in [6.45, 7) is 2.60. The maximum Gasteiger partial charge on any atom is 0.214 e. The van der Waals surface area contributed by atoms with Crippen molar-refractivity contribution in [3.63, 3.8) is 0 Å².